The lowest BCUT2D eigenvalue weighted by Crippen LogP contribution is -2.48. The first-order chi connectivity index (χ1) is 12.7. The van der Waals surface area contributed by atoms with Crippen LogP contribution in [-0.4, -0.2) is 55.1 Å². The fraction of sp³-hybridized carbons (Fsp3) is 0.421. The number of benzene rings is 1. The van der Waals surface area contributed by atoms with E-state index in [1.807, 2.05) is 17.0 Å². The van der Waals surface area contributed by atoms with Gasteiger partial charge in [0.2, 0.25) is 0 Å². The number of furan rings is 1. The number of hydrogen-bond acceptors (Lipinski definition) is 5. The van der Waals surface area contributed by atoms with Gasteiger partial charge in [-0.1, -0.05) is 11.6 Å². The van der Waals surface area contributed by atoms with Crippen molar-refractivity contribution >= 4 is 17.5 Å². The van der Waals surface area contributed by atoms with E-state index in [1.54, 1.807) is 6.07 Å². The van der Waals surface area contributed by atoms with Crippen LogP contribution in [0.3, 0.4) is 0 Å². The number of rotatable bonds is 3. The number of carbonyl (C=O) groups is 1. The van der Waals surface area contributed by atoms with Crippen LogP contribution in [-0.2, 0) is 6.54 Å². The number of carbonyl (C=O) groups excluding carboxylic acids is 1. The number of piperazine rings is 1. The Labute approximate surface area is 157 Å². The Bertz CT molecular complexity index is 770. The molecule has 26 heavy (non-hydrogen) atoms. The summed E-state index contributed by atoms with van der Waals surface area (Å²) in [7, 11) is 0. The zero-order valence-corrected chi connectivity index (χ0v) is 15.2. The molecule has 2 aromatic rings. The molecule has 2 aliphatic heterocycles. The van der Waals surface area contributed by atoms with Gasteiger partial charge in [0.05, 0.1) is 30.1 Å². The molecule has 3 heterocycles. The van der Waals surface area contributed by atoms with Gasteiger partial charge in [0.15, 0.2) is 11.5 Å². The highest BCUT2D eigenvalue weighted by molar-refractivity contribution is 6.32. The van der Waals surface area contributed by atoms with Gasteiger partial charge in [0.25, 0.3) is 5.91 Å². The number of hydrogen-bond donors (Lipinski definition) is 0. The van der Waals surface area contributed by atoms with Crippen LogP contribution in [0.1, 0.15) is 22.3 Å². The molecule has 1 aromatic heterocycles. The topological polar surface area (TPSA) is 55.2 Å². The lowest BCUT2D eigenvalue weighted by Gasteiger charge is -2.34. The van der Waals surface area contributed by atoms with E-state index in [0.717, 1.165) is 37.4 Å². The molecule has 138 valence electrons. The molecule has 2 aliphatic rings. The number of fused-ring (bicyclic) bond motifs is 1. The van der Waals surface area contributed by atoms with Crippen molar-refractivity contribution in [3.05, 3.63) is 46.9 Å². The Morgan fingerprint density at radius 2 is 1.92 bits per heavy atom. The lowest BCUT2D eigenvalue weighted by molar-refractivity contribution is 0.0627. The molecule has 1 aromatic carbocycles. The summed E-state index contributed by atoms with van der Waals surface area (Å²) in [4.78, 5) is 16.5. The minimum Gasteiger partial charge on any atom is -0.489 e. The largest absolute Gasteiger partial charge is 0.489 e. The second-order valence-corrected chi connectivity index (χ2v) is 6.94. The molecule has 1 saturated heterocycles. The van der Waals surface area contributed by atoms with E-state index in [4.69, 9.17) is 25.5 Å². The first kappa shape index (κ1) is 17.2. The minimum atomic E-state index is 0.0250. The van der Waals surface area contributed by atoms with Crippen LogP contribution in [0.4, 0.5) is 0 Å². The van der Waals surface area contributed by atoms with Gasteiger partial charge in [0.1, 0.15) is 6.26 Å². The van der Waals surface area contributed by atoms with Crippen LogP contribution in [0, 0.1) is 0 Å². The SMILES string of the molecule is O=C(c1ccoc1)N1CCN(Cc2cc(Cl)c3c(c2)OCCCO3)CC1. The molecule has 0 aliphatic carbocycles. The fourth-order valence-electron chi connectivity index (χ4n) is 3.31. The molecule has 0 bridgehead atoms. The van der Waals surface area contributed by atoms with Gasteiger partial charge >= 0.3 is 0 Å². The van der Waals surface area contributed by atoms with E-state index in [9.17, 15) is 4.79 Å². The van der Waals surface area contributed by atoms with Crippen molar-refractivity contribution in [2.75, 3.05) is 39.4 Å². The maximum Gasteiger partial charge on any atom is 0.257 e. The van der Waals surface area contributed by atoms with Gasteiger partial charge in [-0.15, -0.1) is 0 Å². The minimum absolute atomic E-state index is 0.0250. The van der Waals surface area contributed by atoms with Crippen LogP contribution in [0.2, 0.25) is 5.02 Å². The second-order valence-electron chi connectivity index (χ2n) is 6.54. The van der Waals surface area contributed by atoms with E-state index >= 15 is 0 Å². The molecule has 0 radical (unpaired) electrons. The average Bonchev–Trinajstić information content (AvgIpc) is 3.08. The van der Waals surface area contributed by atoms with Crippen LogP contribution >= 0.6 is 11.6 Å². The highest BCUT2D eigenvalue weighted by atomic mass is 35.5. The predicted molar refractivity (Wildman–Crippen MR) is 96.9 cm³/mol. The van der Waals surface area contributed by atoms with Crippen molar-refractivity contribution < 1.29 is 18.7 Å². The van der Waals surface area contributed by atoms with Crippen LogP contribution in [0.25, 0.3) is 0 Å². The molecule has 1 amide bonds. The third-order valence-electron chi connectivity index (χ3n) is 4.70. The maximum atomic E-state index is 12.4. The van der Waals surface area contributed by atoms with Crippen molar-refractivity contribution in [3.63, 3.8) is 0 Å². The monoisotopic (exact) mass is 376 g/mol. The highest BCUT2D eigenvalue weighted by Gasteiger charge is 2.23. The Hall–Kier alpha value is -2.18. The number of halogens is 1. The van der Waals surface area contributed by atoms with Crippen molar-refractivity contribution in [1.82, 2.24) is 9.80 Å². The molecule has 0 saturated carbocycles. The van der Waals surface area contributed by atoms with Gasteiger partial charge in [-0.25, -0.2) is 0 Å². The van der Waals surface area contributed by atoms with Crippen molar-refractivity contribution in [3.8, 4) is 11.5 Å². The Morgan fingerprint density at radius 3 is 2.69 bits per heavy atom. The molecule has 0 N–H and O–H groups in total. The summed E-state index contributed by atoms with van der Waals surface area (Å²) in [5, 5.41) is 0.591. The van der Waals surface area contributed by atoms with Crippen LogP contribution in [0.5, 0.6) is 11.5 Å². The standard InChI is InChI=1S/C19H21ClN2O4/c20-16-10-14(11-17-18(16)26-8-1-7-25-17)12-21-3-5-22(6-4-21)19(23)15-2-9-24-13-15/h2,9-11,13H,1,3-8,12H2. The van der Waals surface area contributed by atoms with Gasteiger partial charge in [0, 0.05) is 39.1 Å². The first-order valence-electron chi connectivity index (χ1n) is 8.82. The summed E-state index contributed by atoms with van der Waals surface area (Å²) in [5.41, 5.74) is 1.70. The van der Waals surface area contributed by atoms with E-state index in [2.05, 4.69) is 4.90 Å². The van der Waals surface area contributed by atoms with Gasteiger partial charge in [-0.2, -0.15) is 0 Å². The van der Waals surface area contributed by atoms with Crippen LogP contribution in [0.15, 0.2) is 35.1 Å². The second kappa shape index (κ2) is 7.60. The molecular weight excluding hydrogens is 356 g/mol. The summed E-state index contributed by atoms with van der Waals surface area (Å²) in [6.45, 7) is 5.06. The first-order valence-corrected chi connectivity index (χ1v) is 9.20. The molecule has 1 fully saturated rings. The lowest BCUT2D eigenvalue weighted by atomic mass is 10.1. The zero-order chi connectivity index (χ0) is 17.9. The third kappa shape index (κ3) is 3.66. The number of ether oxygens (including phenoxy) is 2. The predicted octanol–water partition coefficient (Wildman–Crippen LogP) is 3.05. The molecular formula is C19H21ClN2O4. The van der Waals surface area contributed by atoms with E-state index < -0.39 is 0 Å². The van der Waals surface area contributed by atoms with E-state index in [-0.39, 0.29) is 5.91 Å². The molecule has 0 spiro atoms. The number of amides is 1. The number of nitrogens with zero attached hydrogens (tertiary/aromatic N) is 2. The summed E-state index contributed by atoms with van der Waals surface area (Å²) in [6, 6.07) is 5.65. The maximum absolute atomic E-state index is 12.4. The Balaban J connectivity index is 1.38. The summed E-state index contributed by atoms with van der Waals surface area (Å²) in [6.07, 6.45) is 3.87. The Kier molecular flexibility index (Phi) is 5.04. The molecule has 0 unspecified atom stereocenters. The summed E-state index contributed by atoms with van der Waals surface area (Å²) >= 11 is 6.37. The quantitative estimate of drug-likeness (QED) is 0.824. The molecule has 0 atom stereocenters. The van der Waals surface area contributed by atoms with Crippen molar-refractivity contribution in [2.24, 2.45) is 0 Å². The third-order valence-corrected chi connectivity index (χ3v) is 4.98. The summed E-state index contributed by atoms with van der Waals surface area (Å²) in [5.74, 6) is 1.39. The Morgan fingerprint density at radius 1 is 1.12 bits per heavy atom. The van der Waals surface area contributed by atoms with Gasteiger partial charge in [-0.05, 0) is 23.8 Å². The molecule has 6 nitrogen and oxygen atoms in total. The van der Waals surface area contributed by atoms with Gasteiger partial charge in [-0.3, -0.25) is 9.69 Å². The highest BCUT2D eigenvalue weighted by Crippen LogP contribution is 2.38. The van der Waals surface area contributed by atoms with Crippen molar-refractivity contribution in [1.29, 1.82) is 0 Å². The van der Waals surface area contributed by atoms with Crippen molar-refractivity contribution in [2.45, 2.75) is 13.0 Å². The van der Waals surface area contributed by atoms with E-state index in [0.29, 0.717) is 42.6 Å². The average molecular weight is 377 g/mol. The zero-order valence-electron chi connectivity index (χ0n) is 14.4. The van der Waals surface area contributed by atoms with E-state index in [1.165, 1.54) is 12.5 Å². The van der Waals surface area contributed by atoms with Gasteiger partial charge < -0.3 is 18.8 Å². The normalized spacial score (nSPS) is 17.8. The smallest absolute Gasteiger partial charge is 0.257 e. The molecule has 7 heteroatoms. The summed E-state index contributed by atoms with van der Waals surface area (Å²) < 4.78 is 16.4. The fourth-order valence-corrected chi connectivity index (χ4v) is 3.60. The van der Waals surface area contributed by atoms with Crippen LogP contribution < -0.4 is 9.47 Å². The molecule has 4 rings (SSSR count).